The van der Waals surface area contributed by atoms with Gasteiger partial charge in [0.15, 0.2) is 0 Å². The molecular weight excluding hydrogens is 553 g/mol. The van der Waals surface area contributed by atoms with Crippen molar-refractivity contribution in [2.75, 3.05) is 37.9 Å². The number of para-hydroxylation sites is 1. The molecule has 0 bridgehead atoms. The maximum atomic E-state index is 16.5. The molecule has 11 heteroatoms. The van der Waals surface area contributed by atoms with E-state index in [-0.39, 0.29) is 17.9 Å². The number of anilines is 2. The highest BCUT2D eigenvalue weighted by atomic mass is 35.5. The van der Waals surface area contributed by atoms with E-state index in [9.17, 15) is 14.4 Å². The number of carbonyl (C=O) groups excluding carboxylic acids is 3. The standard InChI is InChI=1S/C30H31ClFN3O6/c1-19-16-21(11-12-22(19)28(37)40-3)41-30(32,35-14-6-7-15-35)27(36)18-20-10-13-25(26(17-20)39-2)34-29(38)33-24-9-5-4-8-23(24)31/h4-5,8-13,16-17H,6-7,14-15,18H2,1-3H3,(H2,33,34,38). The minimum atomic E-state index is -2.73. The smallest absolute Gasteiger partial charge is 0.371 e. The molecule has 4 rings (SSSR count). The van der Waals surface area contributed by atoms with Crippen LogP contribution in [0.15, 0.2) is 60.7 Å². The van der Waals surface area contributed by atoms with Gasteiger partial charge in [0.05, 0.1) is 36.2 Å². The number of aryl methyl sites for hydroxylation is 1. The Hall–Kier alpha value is -4.15. The number of hydrogen-bond acceptors (Lipinski definition) is 7. The summed E-state index contributed by atoms with van der Waals surface area (Å²) in [6.07, 6.45) is 1.16. The fourth-order valence-electron chi connectivity index (χ4n) is 4.58. The van der Waals surface area contributed by atoms with Crippen LogP contribution in [0.1, 0.15) is 34.3 Å². The molecular formula is C30H31ClFN3O6. The van der Waals surface area contributed by atoms with Gasteiger partial charge < -0.3 is 24.8 Å². The van der Waals surface area contributed by atoms with E-state index in [2.05, 4.69) is 10.6 Å². The number of ether oxygens (including phenoxy) is 3. The number of likely N-dealkylation sites (tertiary alicyclic amines) is 1. The van der Waals surface area contributed by atoms with Crippen LogP contribution in [0, 0.1) is 6.92 Å². The number of nitrogens with one attached hydrogen (secondary N) is 2. The summed E-state index contributed by atoms with van der Waals surface area (Å²) >= 11 is 6.11. The van der Waals surface area contributed by atoms with Crippen molar-refractivity contribution in [3.63, 3.8) is 0 Å². The molecule has 41 heavy (non-hydrogen) atoms. The summed E-state index contributed by atoms with van der Waals surface area (Å²) in [7, 11) is 2.70. The van der Waals surface area contributed by atoms with Crippen LogP contribution in [0.5, 0.6) is 11.5 Å². The molecule has 3 aromatic carbocycles. The normalized spacial score (nSPS) is 14.6. The summed E-state index contributed by atoms with van der Waals surface area (Å²) in [5.41, 5.74) is 2.09. The van der Waals surface area contributed by atoms with Crippen LogP contribution in [0.4, 0.5) is 20.6 Å². The molecule has 2 amide bonds. The molecule has 3 aromatic rings. The lowest BCUT2D eigenvalue weighted by Gasteiger charge is -2.33. The molecule has 1 saturated heterocycles. The minimum Gasteiger partial charge on any atom is -0.495 e. The first-order chi connectivity index (χ1) is 19.6. The molecule has 1 aliphatic heterocycles. The molecule has 1 fully saturated rings. The Kier molecular flexibility index (Phi) is 9.46. The predicted molar refractivity (Wildman–Crippen MR) is 154 cm³/mol. The second-order valence-electron chi connectivity index (χ2n) is 9.52. The predicted octanol–water partition coefficient (Wildman–Crippen LogP) is 6.00. The third-order valence-corrected chi connectivity index (χ3v) is 7.04. The van der Waals surface area contributed by atoms with Crippen molar-refractivity contribution in [2.45, 2.75) is 32.2 Å². The minimum absolute atomic E-state index is 0.111. The van der Waals surface area contributed by atoms with Gasteiger partial charge in [0.2, 0.25) is 5.78 Å². The van der Waals surface area contributed by atoms with Crippen LogP contribution in [0.3, 0.4) is 0 Å². The van der Waals surface area contributed by atoms with Gasteiger partial charge in [-0.05, 0) is 73.4 Å². The van der Waals surface area contributed by atoms with Crippen LogP contribution in [-0.4, -0.2) is 56.0 Å². The number of ketones is 1. The molecule has 0 saturated carbocycles. The Morgan fingerprint density at radius 3 is 2.34 bits per heavy atom. The highest BCUT2D eigenvalue weighted by molar-refractivity contribution is 6.33. The van der Waals surface area contributed by atoms with Gasteiger partial charge >= 0.3 is 18.0 Å². The fraction of sp³-hybridized carbons (Fsp3) is 0.300. The number of esters is 1. The summed E-state index contributed by atoms with van der Waals surface area (Å²) in [5, 5.41) is 5.73. The number of rotatable bonds is 10. The molecule has 0 aromatic heterocycles. The quantitative estimate of drug-likeness (QED) is 0.223. The van der Waals surface area contributed by atoms with Gasteiger partial charge in [0, 0.05) is 19.5 Å². The van der Waals surface area contributed by atoms with Crippen molar-refractivity contribution in [2.24, 2.45) is 0 Å². The van der Waals surface area contributed by atoms with Crippen molar-refractivity contribution in [3.8, 4) is 11.5 Å². The number of Topliss-reactive ketones (excluding diaryl/α,β-unsaturated/α-hetero) is 1. The fourth-order valence-corrected chi connectivity index (χ4v) is 4.76. The topological polar surface area (TPSA) is 106 Å². The molecule has 216 valence electrons. The van der Waals surface area contributed by atoms with E-state index in [0.717, 1.165) is 12.8 Å². The SMILES string of the molecule is COC(=O)c1ccc(OC(F)(C(=O)Cc2ccc(NC(=O)Nc3ccccc3Cl)c(OC)c2)N2CCCC2)cc1C. The molecule has 1 aliphatic rings. The number of nitrogens with zero attached hydrogens (tertiary/aromatic N) is 1. The van der Waals surface area contributed by atoms with Gasteiger partial charge in [-0.25, -0.2) is 14.5 Å². The van der Waals surface area contributed by atoms with Gasteiger partial charge in [-0.15, -0.1) is 0 Å². The second kappa shape index (κ2) is 13.0. The lowest BCUT2D eigenvalue weighted by molar-refractivity contribution is -0.191. The van der Waals surface area contributed by atoms with Gasteiger partial charge in [0.25, 0.3) is 0 Å². The Bertz CT molecular complexity index is 1450. The van der Waals surface area contributed by atoms with E-state index in [1.807, 2.05) is 0 Å². The second-order valence-corrected chi connectivity index (χ2v) is 9.93. The van der Waals surface area contributed by atoms with Crippen molar-refractivity contribution >= 4 is 40.8 Å². The molecule has 1 heterocycles. The third-order valence-electron chi connectivity index (χ3n) is 6.71. The first kappa shape index (κ1) is 29.8. The number of methoxy groups -OCH3 is 2. The van der Waals surface area contributed by atoms with Gasteiger partial charge in [-0.1, -0.05) is 29.8 Å². The molecule has 1 atom stereocenters. The molecule has 0 spiro atoms. The number of hydrogen-bond donors (Lipinski definition) is 2. The zero-order valence-corrected chi connectivity index (χ0v) is 23.7. The lowest BCUT2D eigenvalue weighted by Crippen LogP contribution is -2.55. The monoisotopic (exact) mass is 583 g/mol. The van der Waals surface area contributed by atoms with E-state index in [4.69, 9.17) is 25.8 Å². The summed E-state index contributed by atoms with van der Waals surface area (Å²) in [6.45, 7) is 2.38. The summed E-state index contributed by atoms with van der Waals surface area (Å²) < 4.78 is 32.5. The van der Waals surface area contributed by atoms with E-state index in [1.165, 1.54) is 37.3 Å². The molecule has 2 N–H and O–H groups in total. The van der Waals surface area contributed by atoms with Crippen LogP contribution in [-0.2, 0) is 16.0 Å². The maximum Gasteiger partial charge on any atom is 0.371 e. The number of alkyl halides is 1. The van der Waals surface area contributed by atoms with E-state index in [1.54, 1.807) is 49.4 Å². The van der Waals surface area contributed by atoms with Crippen LogP contribution >= 0.6 is 11.6 Å². The molecule has 9 nitrogen and oxygen atoms in total. The molecule has 0 aliphatic carbocycles. The first-order valence-corrected chi connectivity index (χ1v) is 13.4. The van der Waals surface area contributed by atoms with Crippen LogP contribution in [0.25, 0.3) is 0 Å². The Morgan fingerprint density at radius 2 is 1.68 bits per heavy atom. The summed E-state index contributed by atoms with van der Waals surface area (Å²) in [4.78, 5) is 39.3. The van der Waals surface area contributed by atoms with Crippen molar-refractivity contribution < 1.29 is 33.0 Å². The zero-order valence-electron chi connectivity index (χ0n) is 23.0. The Balaban J connectivity index is 1.51. The van der Waals surface area contributed by atoms with E-state index < -0.39 is 23.8 Å². The van der Waals surface area contributed by atoms with Crippen molar-refractivity contribution in [3.05, 3.63) is 82.4 Å². The Morgan fingerprint density at radius 1 is 0.976 bits per heavy atom. The number of urea groups is 1. The highest BCUT2D eigenvalue weighted by Crippen LogP contribution is 2.32. The maximum absolute atomic E-state index is 16.5. The Labute approximate surface area is 242 Å². The van der Waals surface area contributed by atoms with Gasteiger partial charge in [0.1, 0.15) is 11.5 Å². The van der Waals surface area contributed by atoms with Crippen molar-refractivity contribution in [1.29, 1.82) is 0 Å². The number of benzene rings is 3. The average molecular weight is 584 g/mol. The average Bonchev–Trinajstić information content (AvgIpc) is 3.51. The lowest BCUT2D eigenvalue weighted by atomic mass is 10.0. The number of halogens is 2. The summed E-state index contributed by atoms with van der Waals surface area (Å²) in [6, 6.07) is 15.4. The van der Waals surface area contributed by atoms with E-state index >= 15 is 4.39 Å². The number of carbonyl (C=O) groups is 3. The highest BCUT2D eigenvalue weighted by Gasteiger charge is 2.48. The summed E-state index contributed by atoms with van der Waals surface area (Å²) in [5.74, 6) is -3.66. The largest absolute Gasteiger partial charge is 0.495 e. The van der Waals surface area contributed by atoms with Gasteiger partial charge in [-0.2, -0.15) is 4.39 Å². The number of amides is 2. The van der Waals surface area contributed by atoms with Crippen LogP contribution < -0.4 is 20.1 Å². The first-order valence-electron chi connectivity index (χ1n) is 13.0. The molecule has 0 radical (unpaired) electrons. The molecule has 1 unspecified atom stereocenters. The third kappa shape index (κ3) is 6.96. The van der Waals surface area contributed by atoms with Crippen LogP contribution in [0.2, 0.25) is 5.02 Å². The van der Waals surface area contributed by atoms with Gasteiger partial charge in [-0.3, -0.25) is 4.79 Å². The van der Waals surface area contributed by atoms with E-state index in [0.29, 0.717) is 46.2 Å². The zero-order chi connectivity index (χ0) is 29.6. The van der Waals surface area contributed by atoms with Crippen molar-refractivity contribution in [1.82, 2.24) is 4.90 Å².